The summed E-state index contributed by atoms with van der Waals surface area (Å²) < 4.78 is 42.0. The fourth-order valence-electron chi connectivity index (χ4n) is 3.42. The first-order valence-corrected chi connectivity index (χ1v) is 12.3. The molecule has 0 aliphatic rings. The molecule has 10 heteroatoms. The predicted molar refractivity (Wildman–Crippen MR) is 121 cm³/mol. The van der Waals surface area contributed by atoms with Crippen molar-refractivity contribution < 1.29 is 12.8 Å². The molecule has 0 fully saturated rings. The molecule has 0 spiro atoms. The zero-order valence-electron chi connectivity index (χ0n) is 17.0. The average Bonchev–Trinajstić information content (AvgIpc) is 3.46. The first-order valence-electron chi connectivity index (χ1n) is 9.92. The van der Waals surface area contributed by atoms with Gasteiger partial charge >= 0.3 is 0 Å². The molecule has 0 amide bonds. The van der Waals surface area contributed by atoms with E-state index in [4.69, 9.17) is 0 Å². The Kier molecular flexibility index (Phi) is 5.10. The van der Waals surface area contributed by atoms with E-state index in [1.807, 2.05) is 18.4 Å². The first-order chi connectivity index (χ1) is 15.5. The van der Waals surface area contributed by atoms with Crippen LogP contribution in [0.4, 0.5) is 10.2 Å². The van der Waals surface area contributed by atoms with Gasteiger partial charge in [-0.15, -0.1) is 16.4 Å². The Morgan fingerprint density at radius 2 is 1.75 bits per heavy atom. The maximum Gasteiger partial charge on any atom is 0.229 e. The third-order valence-corrected chi connectivity index (χ3v) is 7.77. The van der Waals surface area contributed by atoms with Crippen molar-refractivity contribution in [3.8, 4) is 0 Å². The second-order valence-corrected chi connectivity index (χ2v) is 9.99. The molecule has 162 valence electrons. The molecule has 0 saturated carbocycles. The summed E-state index contributed by atoms with van der Waals surface area (Å²) in [6, 6.07) is 14.7. The Hall–Kier alpha value is -3.37. The number of nitrogens with zero attached hydrogens (tertiary/aromatic N) is 4. The van der Waals surface area contributed by atoms with Crippen LogP contribution in [-0.4, -0.2) is 28.2 Å². The van der Waals surface area contributed by atoms with E-state index in [9.17, 15) is 12.8 Å². The highest BCUT2D eigenvalue weighted by atomic mass is 32.2. The summed E-state index contributed by atoms with van der Waals surface area (Å²) in [5.74, 6) is 0.216. The van der Waals surface area contributed by atoms with Crippen LogP contribution < -0.4 is 5.32 Å². The number of sulfone groups is 1. The molecule has 7 nitrogen and oxygen atoms in total. The predicted octanol–water partition coefficient (Wildman–Crippen LogP) is 4.49. The van der Waals surface area contributed by atoms with Crippen LogP contribution in [0.15, 0.2) is 69.9 Å². The van der Waals surface area contributed by atoms with E-state index in [0.29, 0.717) is 17.9 Å². The third-order valence-electron chi connectivity index (χ3n) is 5.19. The number of halogens is 1. The van der Waals surface area contributed by atoms with Gasteiger partial charge in [0, 0.05) is 6.54 Å². The van der Waals surface area contributed by atoms with Crippen molar-refractivity contribution in [2.75, 3.05) is 5.32 Å². The SMILES string of the molecule is CCc1ccc(S(=O)(=O)c2nnn3c2nc(NCc2ccc(F)cc2)c2sccc23)cc1. The summed E-state index contributed by atoms with van der Waals surface area (Å²) in [5, 5.41) is 13.0. The van der Waals surface area contributed by atoms with Crippen LogP contribution in [0.2, 0.25) is 0 Å². The van der Waals surface area contributed by atoms with Gasteiger partial charge in [0.15, 0.2) is 5.65 Å². The van der Waals surface area contributed by atoms with Gasteiger partial charge in [0.2, 0.25) is 14.9 Å². The molecule has 5 rings (SSSR count). The van der Waals surface area contributed by atoms with Gasteiger partial charge in [-0.25, -0.2) is 17.8 Å². The van der Waals surface area contributed by atoms with Gasteiger partial charge in [0.1, 0.15) is 11.6 Å². The number of anilines is 1. The van der Waals surface area contributed by atoms with Crippen LogP contribution in [0, 0.1) is 5.82 Å². The maximum atomic E-state index is 13.3. The molecule has 3 aromatic heterocycles. The third kappa shape index (κ3) is 3.51. The highest BCUT2D eigenvalue weighted by molar-refractivity contribution is 7.91. The van der Waals surface area contributed by atoms with Gasteiger partial charge in [-0.2, -0.15) is 4.52 Å². The van der Waals surface area contributed by atoms with E-state index >= 15 is 0 Å². The highest BCUT2D eigenvalue weighted by Gasteiger charge is 2.27. The summed E-state index contributed by atoms with van der Waals surface area (Å²) >= 11 is 1.46. The van der Waals surface area contributed by atoms with Crippen LogP contribution in [-0.2, 0) is 22.8 Å². The number of nitrogens with one attached hydrogen (secondary N) is 1. The van der Waals surface area contributed by atoms with Crippen molar-refractivity contribution in [1.82, 2.24) is 19.8 Å². The smallest absolute Gasteiger partial charge is 0.229 e. The second kappa shape index (κ2) is 7.95. The number of rotatable bonds is 6. The molecule has 0 atom stereocenters. The van der Waals surface area contributed by atoms with Crippen LogP contribution in [0.25, 0.3) is 15.9 Å². The molecule has 2 aromatic carbocycles. The van der Waals surface area contributed by atoms with Crippen molar-refractivity contribution >= 4 is 42.9 Å². The molecule has 5 aromatic rings. The number of hydrogen-bond acceptors (Lipinski definition) is 7. The summed E-state index contributed by atoms with van der Waals surface area (Å²) in [4.78, 5) is 4.72. The summed E-state index contributed by atoms with van der Waals surface area (Å²) in [7, 11) is -3.91. The minimum Gasteiger partial charge on any atom is -0.365 e. The molecule has 0 saturated heterocycles. The molecular formula is C22H18FN5O2S2. The molecule has 0 aliphatic heterocycles. The Bertz CT molecular complexity index is 1520. The van der Waals surface area contributed by atoms with Crippen LogP contribution in [0.3, 0.4) is 0 Å². The quantitative estimate of drug-likeness (QED) is 0.396. The molecule has 1 N–H and O–H groups in total. The average molecular weight is 468 g/mol. The Morgan fingerprint density at radius 3 is 2.47 bits per heavy atom. The van der Waals surface area contributed by atoms with Crippen molar-refractivity contribution in [1.29, 1.82) is 0 Å². The zero-order chi connectivity index (χ0) is 22.3. The molecule has 0 unspecified atom stereocenters. The van der Waals surface area contributed by atoms with E-state index in [2.05, 4.69) is 20.6 Å². The van der Waals surface area contributed by atoms with Crippen molar-refractivity contribution in [3.05, 3.63) is 76.9 Å². The lowest BCUT2D eigenvalue weighted by molar-refractivity contribution is 0.592. The molecule has 3 heterocycles. The molecule has 0 aliphatic carbocycles. The van der Waals surface area contributed by atoms with Gasteiger partial charge in [0.25, 0.3) is 0 Å². The monoisotopic (exact) mass is 467 g/mol. The number of hydrogen-bond donors (Lipinski definition) is 1. The lowest BCUT2D eigenvalue weighted by Crippen LogP contribution is -2.07. The molecular weight excluding hydrogens is 449 g/mol. The van der Waals surface area contributed by atoms with E-state index in [1.165, 1.54) is 28.0 Å². The second-order valence-electron chi connectivity index (χ2n) is 7.21. The summed E-state index contributed by atoms with van der Waals surface area (Å²) in [6.07, 6.45) is 0.816. The van der Waals surface area contributed by atoms with E-state index in [0.717, 1.165) is 22.2 Å². The number of benzene rings is 2. The van der Waals surface area contributed by atoms with E-state index in [1.54, 1.807) is 36.4 Å². The first kappa shape index (κ1) is 20.5. The van der Waals surface area contributed by atoms with Crippen molar-refractivity contribution in [2.24, 2.45) is 0 Å². The standard InChI is InChI=1S/C22H18FN5O2S2/c1-2-14-5-9-17(10-6-14)32(29,30)22-21-25-20(24-13-15-3-7-16(23)8-4-15)19-18(11-12-31-19)28(21)27-26-22/h3-12H,2,13H2,1H3,(H,24,25). The van der Waals surface area contributed by atoms with Gasteiger partial charge in [-0.05, 0) is 53.3 Å². The van der Waals surface area contributed by atoms with Crippen LogP contribution >= 0.6 is 11.3 Å². The van der Waals surface area contributed by atoms with Gasteiger partial charge in [0.05, 0.1) is 15.1 Å². The van der Waals surface area contributed by atoms with Gasteiger partial charge in [-0.1, -0.05) is 36.4 Å². The van der Waals surface area contributed by atoms with Gasteiger partial charge in [-0.3, -0.25) is 0 Å². The fraction of sp³-hybridized carbons (Fsp3) is 0.136. The number of aromatic nitrogens is 4. The number of thiophene rings is 1. The van der Waals surface area contributed by atoms with Crippen LogP contribution in [0.5, 0.6) is 0 Å². The van der Waals surface area contributed by atoms with Crippen LogP contribution in [0.1, 0.15) is 18.1 Å². The number of fused-ring (bicyclic) bond motifs is 3. The minimum atomic E-state index is -3.91. The largest absolute Gasteiger partial charge is 0.365 e. The van der Waals surface area contributed by atoms with Crippen molar-refractivity contribution in [3.63, 3.8) is 0 Å². The lowest BCUT2D eigenvalue weighted by Gasteiger charge is -2.08. The van der Waals surface area contributed by atoms with Gasteiger partial charge < -0.3 is 5.32 Å². The summed E-state index contributed by atoms with van der Waals surface area (Å²) in [6.45, 7) is 2.41. The maximum absolute atomic E-state index is 13.3. The molecule has 32 heavy (non-hydrogen) atoms. The lowest BCUT2D eigenvalue weighted by atomic mass is 10.2. The summed E-state index contributed by atoms with van der Waals surface area (Å²) in [5.41, 5.74) is 2.77. The molecule has 0 radical (unpaired) electrons. The minimum absolute atomic E-state index is 0.144. The van der Waals surface area contributed by atoms with Crippen molar-refractivity contribution in [2.45, 2.75) is 29.8 Å². The normalized spacial score (nSPS) is 11.9. The zero-order valence-corrected chi connectivity index (χ0v) is 18.6. The number of aryl methyl sites for hydroxylation is 1. The Labute approximate surface area is 187 Å². The molecule has 0 bridgehead atoms. The van der Waals surface area contributed by atoms with E-state index < -0.39 is 9.84 Å². The topological polar surface area (TPSA) is 89.2 Å². The van der Waals surface area contributed by atoms with E-state index in [-0.39, 0.29) is 21.4 Å². The highest BCUT2D eigenvalue weighted by Crippen LogP contribution is 2.31. The Morgan fingerprint density at radius 1 is 1.03 bits per heavy atom. The fourth-order valence-corrected chi connectivity index (χ4v) is 5.49. The Balaban J connectivity index is 1.59.